The van der Waals surface area contributed by atoms with Gasteiger partial charge in [-0.15, -0.1) is 0 Å². The van der Waals surface area contributed by atoms with Gasteiger partial charge < -0.3 is 0 Å². The summed E-state index contributed by atoms with van der Waals surface area (Å²) in [6, 6.07) is 11.5. The fraction of sp³-hybridized carbons (Fsp3) is 0.0909. The third-order valence-electron chi connectivity index (χ3n) is 2.11. The molecular formula is C11H12N4O. The van der Waals surface area contributed by atoms with Gasteiger partial charge in [0.25, 0.3) is 0 Å². The predicted molar refractivity (Wildman–Crippen MR) is 63.3 cm³/mol. The molecule has 5 heteroatoms. The van der Waals surface area contributed by atoms with Crippen molar-refractivity contribution >= 4 is 11.5 Å². The lowest BCUT2D eigenvalue weighted by Crippen LogP contribution is -2.26. The third kappa shape index (κ3) is 2.38. The fourth-order valence-electron chi connectivity index (χ4n) is 1.33. The molecular weight excluding hydrogens is 204 g/mol. The summed E-state index contributed by atoms with van der Waals surface area (Å²) < 4.78 is 0. The molecule has 0 aliphatic rings. The number of rotatable bonds is 3. The number of hydrazine groups is 1. The van der Waals surface area contributed by atoms with Crippen molar-refractivity contribution in [1.82, 2.24) is 9.97 Å². The minimum Gasteiger partial charge on any atom is -0.291 e. The SMILES string of the molecule is CN(Nc1ccnc(=O)[nH]1)c1ccccc1. The monoisotopic (exact) mass is 216 g/mol. The second kappa shape index (κ2) is 4.48. The van der Waals surface area contributed by atoms with Crippen molar-refractivity contribution in [1.29, 1.82) is 0 Å². The fourth-order valence-corrected chi connectivity index (χ4v) is 1.33. The van der Waals surface area contributed by atoms with Crippen molar-refractivity contribution in [3.05, 3.63) is 53.1 Å². The molecule has 0 atom stereocenters. The maximum Gasteiger partial charge on any atom is 0.346 e. The first-order valence-corrected chi connectivity index (χ1v) is 4.86. The van der Waals surface area contributed by atoms with Crippen LogP contribution in [0, 0.1) is 0 Å². The number of anilines is 2. The summed E-state index contributed by atoms with van der Waals surface area (Å²) in [7, 11) is 1.87. The molecule has 0 fully saturated rings. The topological polar surface area (TPSA) is 61.0 Å². The zero-order chi connectivity index (χ0) is 11.4. The lowest BCUT2D eigenvalue weighted by atomic mass is 10.3. The quantitative estimate of drug-likeness (QED) is 0.758. The molecule has 2 aromatic rings. The first-order chi connectivity index (χ1) is 7.75. The number of aromatic amines is 1. The van der Waals surface area contributed by atoms with Crippen LogP contribution in [0.15, 0.2) is 47.4 Å². The van der Waals surface area contributed by atoms with Crippen molar-refractivity contribution < 1.29 is 0 Å². The average molecular weight is 216 g/mol. The smallest absolute Gasteiger partial charge is 0.291 e. The number of nitrogens with one attached hydrogen (secondary N) is 2. The Bertz CT molecular complexity index is 509. The molecule has 0 bridgehead atoms. The van der Waals surface area contributed by atoms with Gasteiger partial charge in [-0.3, -0.25) is 15.4 Å². The average Bonchev–Trinajstić information content (AvgIpc) is 2.30. The van der Waals surface area contributed by atoms with Crippen LogP contribution in [0.25, 0.3) is 0 Å². The maximum atomic E-state index is 11.0. The van der Waals surface area contributed by atoms with Gasteiger partial charge in [0.2, 0.25) is 0 Å². The normalized spacial score (nSPS) is 9.81. The van der Waals surface area contributed by atoms with E-state index in [1.165, 1.54) is 6.20 Å². The molecule has 2 N–H and O–H groups in total. The number of aromatic nitrogens is 2. The third-order valence-corrected chi connectivity index (χ3v) is 2.11. The summed E-state index contributed by atoms with van der Waals surface area (Å²) in [6.45, 7) is 0. The van der Waals surface area contributed by atoms with Crippen LogP contribution in [0.3, 0.4) is 0 Å². The second-order valence-corrected chi connectivity index (χ2v) is 3.30. The molecule has 16 heavy (non-hydrogen) atoms. The van der Waals surface area contributed by atoms with Crippen molar-refractivity contribution in [3.8, 4) is 0 Å². The number of H-pyrrole nitrogens is 1. The molecule has 0 amide bonds. The molecule has 0 aliphatic heterocycles. The summed E-state index contributed by atoms with van der Waals surface area (Å²) in [5.41, 5.74) is 3.67. The highest BCUT2D eigenvalue weighted by atomic mass is 16.1. The maximum absolute atomic E-state index is 11.0. The minimum atomic E-state index is -0.369. The van der Waals surface area contributed by atoms with Crippen molar-refractivity contribution in [2.45, 2.75) is 0 Å². The minimum absolute atomic E-state index is 0.369. The van der Waals surface area contributed by atoms with Gasteiger partial charge >= 0.3 is 5.69 Å². The van der Waals surface area contributed by atoms with Crippen LogP contribution in [-0.4, -0.2) is 17.0 Å². The Morgan fingerprint density at radius 2 is 2.00 bits per heavy atom. The molecule has 0 spiro atoms. The number of nitrogens with zero attached hydrogens (tertiary/aromatic N) is 2. The molecule has 1 aromatic carbocycles. The van der Waals surface area contributed by atoms with Crippen LogP contribution in [-0.2, 0) is 0 Å². The molecule has 5 nitrogen and oxygen atoms in total. The molecule has 82 valence electrons. The van der Waals surface area contributed by atoms with Crippen LogP contribution >= 0.6 is 0 Å². The Hall–Kier alpha value is -2.30. The van der Waals surface area contributed by atoms with Crippen LogP contribution in [0.1, 0.15) is 0 Å². The van der Waals surface area contributed by atoms with Gasteiger partial charge in [0, 0.05) is 13.2 Å². The van der Waals surface area contributed by atoms with Gasteiger partial charge in [-0.1, -0.05) is 18.2 Å². The molecule has 0 saturated heterocycles. The Kier molecular flexibility index (Phi) is 2.86. The lowest BCUT2D eigenvalue weighted by Gasteiger charge is -2.20. The highest BCUT2D eigenvalue weighted by molar-refractivity contribution is 5.50. The molecule has 1 heterocycles. The first-order valence-electron chi connectivity index (χ1n) is 4.86. The molecule has 2 rings (SSSR count). The first kappa shape index (κ1) is 10.2. The van der Waals surface area contributed by atoms with E-state index in [1.54, 1.807) is 6.07 Å². The summed E-state index contributed by atoms with van der Waals surface area (Å²) in [5.74, 6) is 0.603. The highest BCUT2D eigenvalue weighted by Gasteiger charge is 1.99. The zero-order valence-electron chi connectivity index (χ0n) is 8.84. The molecule has 0 aliphatic carbocycles. The lowest BCUT2D eigenvalue weighted by molar-refractivity contribution is 1.02. The summed E-state index contributed by atoms with van der Waals surface area (Å²) >= 11 is 0. The van der Waals surface area contributed by atoms with Crippen molar-refractivity contribution in [2.75, 3.05) is 17.5 Å². The van der Waals surface area contributed by atoms with Crippen LogP contribution < -0.4 is 16.1 Å². The molecule has 1 aromatic heterocycles. The van der Waals surface area contributed by atoms with Crippen molar-refractivity contribution in [2.24, 2.45) is 0 Å². The number of hydrogen-bond donors (Lipinski definition) is 2. The van der Waals surface area contributed by atoms with E-state index in [2.05, 4.69) is 15.4 Å². The Morgan fingerprint density at radius 1 is 1.25 bits per heavy atom. The van der Waals surface area contributed by atoms with Gasteiger partial charge in [0.15, 0.2) is 0 Å². The van der Waals surface area contributed by atoms with E-state index < -0.39 is 0 Å². The van der Waals surface area contributed by atoms with E-state index in [9.17, 15) is 4.79 Å². The van der Waals surface area contributed by atoms with E-state index in [4.69, 9.17) is 0 Å². The predicted octanol–water partition coefficient (Wildman–Crippen LogP) is 1.23. The molecule has 0 saturated carbocycles. The van der Waals surface area contributed by atoms with Gasteiger partial charge in [0.05, 0.1) is 5.69 Å². The van der Waals surface area contributed by atoms with Crippen LogP contribution in [0.2, 0.25) is 0 Å². The Morgan fingerprint density at radius 3 is 2.69 bits per heavy atom. The van der Waals surface area contributed by atoms with E-state index in [0.29, 0.717) is 5.82 Å². The second-order valence-electron chi connectivity index (χ2n) is 3.30. The highest BCUT2D eigenvalue weighted by Crippen LogP contribution is 2.11. The van der Waals surface area contributed by atoms with Crippen molar-refractivity contribution in [3.63, 3.8) is 0 Å². The van der Waals surface area contributed by atoms with Crippen LogP contribution in [0.4, 0.5) is 11.5 Å². The van der Waals surface area contributed by atoms with E-state index in [0.717, 1.165) is 5.69 Å². The van der Waals surface area contributed by atoms with E-state index >= 15 is 0 Å². The summed E-state index contributed by atoms with van der Waals surface area (Å²) in [6.07, 6.45) is 1.46. The summed E-state index contributed by atoms with van der Waals surface area (Å²) in [5, 5.41) is 1.81. The summed E-state index contributed by atoms with van der Waals surface area (Å²) in [4.78, 5) is 17.1. The van der Waals surface area contributed by atoms with E-state index in [1.807, 2.05) is 42.4 Å². The number of benzene rings is 1. The Balaban J connectivity index is 2.14. The van der Waals surface area contributed by atoms with Crippen LogP contribution in [0.5, 0.6) is 0 Å². The largest absolute Gasteiger partial charge is 0.346 e. The van der Waals surface area contributed by atoms with Gasteiger partial charge in [-0.25, -0.2) is 9.78 Å². The Labute approximate surface area is 92.7 Å². The molecule has 0 unspecified atom stereocenters. The standard InChI is InChI=1S/C11H12N4O/c1-15(9-5-3-2-4-6-9)14-10-7-8-12-11(16)13-10/h2-8H,1H3,(H2,12,13,14,16). The van der Waals surface area contributed by atoms with E-state index in [-0.39, 0.29) is 5.69 Å². The number of hydrogen-bond acceptors (Lipinski definition) is 4. The van der Waals surface area contributed by atoms with Gasteiger partial charge in [-0.05, 0) is 18.2 Å². The van der Waals surface area contributed by atoms with Gasteiger partial charge in [-0.2, -0.15) is 0 Å². The number of para-hydroxylation sites is 1. The zero-order valence-corrected chi connectivity index (χ0v) is 8.84. The molecule has 0 radical (unpaired) electrons. The van der Waals surface area contributed by atoms with Gasteiger partial charge in [0.1, 0.15) is 5.82 Å².